The van der Waals surface area contributed by atoms with Gasteiger partial charge in [-0.3, -0.25) is 4.79 Å². The van der Waals surface area contributed by atoms with Crippen molar-refractivity contribution in [3.63, 3.8) is 0 Å². The maximum absolute atomic E-state index is 13.0. The summed E-state index contributed by atoms with van der Waals surface area (Å²) in [6.45, 7) is 4.31. The van der Waals surface area contributed by atoms with Gasteiger partial charge < -0.3 is 5.32 Å². The van der Waals surface area contributed by atoms with Crippen molar-refractivity contribution in [3.8, 4) is 12.3 Å². The van der Waals surface area contributed by atoms with Crippen molar-refractivity contribution in [2.24, 2.45) is 5.92 Å². The van der Waals surface area contributed by atoms with E-state index in [4.69, 9.17) is 6.42 Å². The van der Waals surface area contributed by atoms with Crippen LogP contribution in [-0.2, 0) is 37.8 Å². The molecule has 2 N–H and O–H groups in total. The smallest absolute Gasteiger partial charge is 0.243 e. The fourth-order valence-electron chi connectivity index (χ4n) is 3.57. The van der Waals surface area contributed by atoms with Gasteiger partial charge in [0.25, 0.3) is 0 Å². The predicted octanol–water partition coefficient (Wildman–Crippen LogP) is 1.60. The molecule has 0 bridgehead atoms. The van der Waals surface area contributed by atoms with Crippen molar-refractivity contribution in [2.75, 3.05) is 19.6 Å². The highest BCUT2D eigenvalue weighted by Crippen LogP contribution is 2.24. The molecule has 1 saturated heterocycles. The normalized spacial score (nSPS) is 16.6. The first kappa shape index (κ1) is 25.6. The average Bonchev–Trinajstić information content (AvgIpc) is 3.32. The third-order valence-corrected chi connectivity index (χ3v) is 8.46. The average molecular weight is 502 g/mol. The van der Waals surface area contributed by atoms with Crippen molar-refractivity contribution in [2.45, 2.75) is 24.3 Å². The van der Waals surface area contributed by atoms with Gasteiger partial charge in [0, 0.05) is 37.2 Å². The van der Waals surface area contributed by atoms with Crippen molar-refractivity contribution in [3.05, 3.63) is 77.2 Å². The van der Waals surface area contributed by atoms with Gasteiger partial charge in [-0.15, -0.1) is 6.42 Å². The lowest BCUT2D eigenvalue weighted by Gasteiger charge is -2.17. The van der Waals surface area contributed by atoms with Gasteiger partial charge in [-0.1, -0.05) is 36.8 Å². The minimum atomic E-state index is -3.71. The van der Waals surface area contributed by atoms with Crippen molar-refractivity contribution < 1.29 is 21.6 Å². The van der Waals surface area contributed by atoms with Crippen LogP contribution in [0, 0.1) is 18.3 Å². The maximum atomic E-state index is 13.0. The molecule has 3 rings (SSSR count). The van der Waals surface area contributed by atoms with E-state index in [1.54, 1.807) is 12.1 Å². The lowest BCUT2D eigenvalue weighted by Crippen LogP contribution is -2.32. The number of nitrogens with zero attached hydrogens (tertiary/aromatic N) is 1. The van der Waals surface area contributed by atoms with E-state index in [0.29, 0.717) is 25.1 Å². The third-order valence-electron chi connectivity index (χ3n) is 5.58. The van der Waals surface area contributed by atoms with Crippen LogP contribution in [0.5, 0.6) is 0 Å². The lowest BCUT2D eigenvalue weighted by atomic mass is 10.1. The summed E-state index contributed by atoms with van der Waals surface area (Å²) in [4.78, 5) is 12.4. The van der Waals surface area contributed by atoms with Crippen LogP contribution in [0.4, 0.5) is 0 Å². The summed E-state index contributed by atoms with van der Waals surface area (Å²) in [6, 6.07) is 13.6. The summed E-state index contributed by atoms with van der Waals surface area (Å²) >= 11 is 0. The molecule has 10 heteroatoms. The molecule has 0 radical (unpaired) electrons. The van der Waals surface area contributed by atoms with E-state index in [1.807, 2.05) is 24.3 Å². The summed E-state index contributed by atoms with van der Waals surface area (Å²) in [5, 5.41) is 3.66. The number of sulfonamides is 2. The monoisotopic (exact) mass is 501 g/mol. The highest BCUT2D eigenvalue weighted by Gasteiger charge is 2.32. The Morgan fingerprint density at radius 2 is 1.74 bits per heavy atom. The second-order valence-electron chi connectivity index (χ2n) is 8.02. The van der Waals surface area contributed by atoms with Crippen LogP contribution < -0.4 is 10.0 Å². The Hall–Kier alpha value is -2.97. The van der Waals surface area contributed by atoms with Crippen LogP contribution in [0.1, 0.15) is 23.1 Å². The van der Waals surface area contributed by atoms with Gasteiger partial charge in [-0.2, -0.15) is 4.31 Å². The van der Waals surface area contributed by atoms with E-state index >= 15 is 0 Å². The molecule has 1 aliphatic rings. The number of carbonyl (C=O) groups excluding carboxylic acids is 1. The molecular formula is C24H27N3O5S2. The van der Waals surface area contributed by atoms with E-state index in [0.717, 1.165) is 16.5 Å². The molecule has 1 aliphatic heterocycles. The van der Waals surface area contributed by atoms with Crippen molar-refractivity contribution in [1.29, 1.82) is 0 Å². The molecule has 1 fully saturated rings. The number of benzene rings is 2. The molecule has 0 aromatic heterocycles. The Balaban J connectivity index is 1.53. The first-order chi connectivity index (χ1) is 16.1. The molecule has 180 valence electrons. The molecular weight excluding hydrogens is 474 g/mol. The second-order valence-corrected chi connectivity index (χ2v) is 11.7. The van der Waals surface area contributed by atoms with Crippen LogP contribution in [0.25, 0.3) is 0 Å². The zero-order valence-corrected chi connectivity index (χ0v) is 20.2. The lowest BCUT2D eigenvalue weighted by molar-refractivity contribution is -0.120. The largest absolute Gasteiger partial charge is 0.352 e. The van der Waals surface area contributed by atoms with Gasteiger partial charge in [0.2, 0.25) is 26.0 Å². The Labute approximate surface area is 201 Å². The molecule has 8 nitrogen and oxygen atoms in total. The zero-order chi connectivity index (χ0) is 24.8. The summed E-state index contributed by atoms with van der Waals surface area (Å²) in [5.41, 5.74) is 2.39. The van der Waals surface area contributed by atoms with Gasteiger partial charge in [-0.05, 0) is 47.7 Å². The minimum absolute atomic E-state index is 0.116. The summed E-state index contributed by atoms with van der Waals surface area (Å²) < 4.78 is 52.7. The second kappa shape index (κ2) is 11.0. The molecule has 1 heterocycles. The number of rotatable bonds is 10. The standard InChI is InChI=1S/C24H27N3O5S2/c1-3-19-5-7-21(8-6-19)16-25-24(28)15-20-9-11-23(12-10-20)34(31,32)27-14-13-22(18-27)17-26-33(29,30)4-2/h1,4-12,22,26H,2,13-18H2,(H,25,28)/t22-/m1/s1. The predicted molar refractivity (Wildman–Crippen MR) is 130 cm³/mol. The highest BCUT2D eigenvalue weighted by atomic mass is 32.2. The molecule has 2 aromatic rings. The maximum Gasteiger partial charge on any atom is 0.243 e. The van der Waals surface area contributed by atoms with E-state index < -0.39 is 20.0 Å². The summed E-state index contributed by atoms with van der Waals surface area (Å²) in [6.07, 6.45) is 6.01. The number of amides is 1. The molecule has 34 heavy (non-hydrogen) atoms. The summed E-state index contributed by atoms with van der Waals surface area (Å²) in [7, 11) is -7.25. The number of terminal acetylenes is 1. The zero-order valence-electron chi connectivity index (χ0n) is 18.6. The van der Waals surface area contributed by atoms with Crippen LogP contribution in [-0.4, -0.2) is 46.7 Å². The van der Waals surface area contributed by atoms with Crippen molar-refractivity contribution in [1.82, 2.24) is 14.3 Å². The first-order valence-corrected chi connectivity index (χ1v) is 13.6. The van der Waals surface area contributed by atoms with Gasteiger partial charge in [0.1, 0.15) is 0 Å². The molecule has 0 saturated carbocycles. The fraction of sp³-hybridized carbons (Fsp3) is 0.292. The van der Waals surface area contributed by atoms with E-state index in [1.165, 1.54) is 16.4 Å². The fourth-order valence-corrected chi connectivity index (χ4v) is 5.69. The topological polar surface area (TPSA) is 113 Å². The summed E-state index contributed by atoms with van der Waals surface area (Å²) in [5.74, 6) is 2.24. The Kier molecular flexibility index (Phi) is 8.28. The highest BCUT2D eigenvalue weighted by molar-refractivity contribution is 7.92. The van der Waals surface area contributed by atoms with Crippen molar-refractivity contribution >= 4 is 26.0 Å². The number of hydrogen-bond acceptors (Lipinski definition) is 5. The number of nitrogens with one attached hydrogen (secondary N) is 2. The van der Waals surface area contributed by atoms with E-state index in [9.17, 15) is 21.6 Å². The van der Waals surface area contributed by atoms with E-state index in [-0.39, 0.29) is 36.2 Å². The van der Waals surface area contributed by atoms with Gasteiger partial charge >= 0.3 is 0 Å². The van der Waals surface area contributed by atoms with Crippen LogP contribution >= 0.6 is 0 Å². The van der Waals surface area contributed by atoms with Crippen LogP contribution in [0.2, 0.25) is 0 Å². The number of hydrogen-bond donors (Lipinski definition) is 2. The van der Waals surface area contributed by atoms with Gasteiger partial charge in [0.05, 0.1) is 11.3 Å². The molecule has 2 aromatic carbocycles. The first-order valence-electron chi connectivity index (χ1n) is 10.7. The van der Waals surface area contributed by atoms with Crippen LogP contribution in [0.15, 0.2) is 65.4 Å². The van der Waals surface area contributed by atoms with E-state index in [2.05, 4.69) is 22.5 Å². The molecule has 1 amide bonds. The molecule has 1 atom stereocenters. The SMILES string of the molecule is C#Cc1ccc(CNC(=O)Cc2ccc(S(=O)(=O)N3CC[C@H](CNS(=O)(=O)C=C)C3)cc2)cc1. The number of carbonyl (C=O) groups is 1. The molecule has 0 aliphatic carbocycles. The molecule has 0 spiro atoms. The minimum Gasteiger partial charge on any atom is -0.352 e. The Bertz CT molecular complexity index is 1280. The van der Waals surface area contributed by atoms with Crippen LogP contribution in [0.3, 0.4) is 0 Å². The Morgan fingerprint density at radius 1 is 1.09 bits per heavy atom. The third kappa shape index (κ3) is 6.77. The molecule has 0 unspecified atom stereocenters. The quantitative estimate of drug-likeness (QED) is 0.480. The Morgan fingerprint density at radius 3 is 2.35 bits per heavy atom. The van der Waals surface area contributed by atoms with Gasteiger partial charge in [-0.25, -0.2) is 21.6 Å². The van der Waals surface area contributed by atoms with Gasteiger partial charge in [0.15, 0.2) is 0 Å².